The predicted octanol–water partition coefficient (Wildman–Crippen LogP) is -1.23. The highest BCUT2D eigenvalue weighted by molar-refractivity contribution is 6.58. The lowest BCUT2D eigenvalue weighted by molar-refractivity contribution is 0.0247. The lowest BCUT2D eigenvalue weighted by Gasteiger charge is -2.08. The fourth-order valence-corrected chi connectivity index (χ4v) is 1.34. The van der Waals surface area contributed by atoms with Gasteiger partial charge in [-0.15, -0.1) is 0 Å². The third-order valence-corrected chi connectivity index (χ3v) is 2.28. The summed E-state index contributed by atoms with van der Waals surface area (Å²) in [4.78, 5) is 0. The molecular weight excluding hydrogens is 251 g/mol. The van der Waals surface area contributed by atoms with Crippen molar-refractivity contribution < 1.29 is 29.4 Å². The molecule has 19 heavy (non-hydrogen) atoms. The molecule has 0 aliphatic rings. The molecular formula is C12H19BO6. The molecule has 106 valence electrons. The Kier molecular flexibility index (Phi) is 8.20. The van der Waals surface area contributed by atoms with Crippen LogP contribution >= 0.6 is 0 Å². The van der Waals surface area contributed by atoms with Gasteiger partial charge in [-0.25, -0.2) is 0 Å². The van der Waals surface area contributed by atoms with E-state index in [1.165, 1.54) is 0 Å². The SMILES string of the molecule is OCCOCCOCCOc1ccc(B(O)O)cc1. The maximum Gasteiger partial charge on any atom is 0.488 e. The molecule has 0 aromatic heterocycles. The number of ether oxygens (including phenoxy) is 3. The van der Waals surface area contributed by atoms with E-state index in [0.717, 1.165) is 0 Å². The lowest BCUT2D eigenvalue weighted by atomic mass is 9.80. The van der Waals surface area contributed by atoms with Crippen LogP contribution in [0.2, 0.25) is 0 Å². The number of aliphatic hydroxyl groups excluding tert-OH is 1. The van der Waals surface area contributed by atoms with Gasteiger partial charge in [-0.2, -0.15) is 0 Å². The minimum Gasteiger partial charge on any atom is -0.491 e. The minimum atomic E-state index is -1.46. The van der Waals surface area contributed by atoms with Gasteiger partial charge >= 0.3 is 7.12 Å². The quantitative estimate of drug-likeness (QED) is 0.364. The first kappa shape index (κ1) is 15.9. The first-order chi connectivity index (χ1) is 9.24. The number of benzene rings is 1. The van der Waals surface area contributed by atoms with Crippen molar-refractivity contribution in [2.24, 2.45) is 0 Å². The zero-order valence-electron chi connectivity index (χ0n) is 10.7. The zero-order chi connectivity index (χ0) is 13.9. The summed E-state index contributed by atoms with van der Waals surface area (Å²) < 4.78 is 15.7. The van der Waals surface area contributed by atoms with Gasteiger partial charge in [0.05, 0.1) is 33.0 Å². The summed E-state index contributed by atoms with van der Waals surface area (Å²) in [6.45, 7) is 2.08. The number of hydrogen-bond acceptors (Lipinski definition) is 6. The van der Waals surface area contributed by atoms with Crippen molar-refractivity contribution in [2.75, 3.05) is 39.6 Å². The molecule has 0 saturated carbocycles. The monoisotopic (exact) mass is 270 g/mol. The highest BCUT2D eigenvalue weighted by atomic mass is 16.5. The van der Waals surface area contributed by atoms with E-state index in [1.807, 2.05) is 0 Å². The molecule has 0 aliphatic carbocycles. The summed E-state index contributed by atoms with van der Waals surface area (Å²) in [6, 6.07) is 6.51. The van der Waals surface area contributed by atoms with Crippen LogP contribution in [0.4, 0.5) is 0 Å². The average Bonchev–Trinajstić information content (AvgIpc) is 2.42. The van der Waals surface area contributed by atoms with Crippen LogP contribution in [0.15, 0.2) is 24.3 Å². The summed E-state index contributed by atoms with van der Waals surface area (Å²) in [6.07, 6.45) is 0. The van der Waals surface area contributed by atoms with Crippen molar-refractivity contribution >= 4 is 12.6 Å². The number of rotatable bonds is 10. The van der Waals surface area contributed by atoms with Gasteiger partial charge in [0.25, 0.3) is 0 Å². The van der Waals surface area contributed by atoms with E-state index < -0.39 is 7.12 Å². The van der Waals surface area contributed by atoms with Gasteiger partial charge in [0.2, 0.25) is 0 Å². The van der Waals surface area contributed by atoms with Crippen molar-refractivity contribution in [2.45, 2.75) is 0 Å². The number of aliphatic hydroxyl groups is 1. The van der Waals surface area contributed by atoms with Gasteiger partial charge in [-0.1, -0.05) is 12.1 Å². The zero-order valence-corrected chi connectivity index (χ0v) is 10.7. The Morgan fingerprint density at radius 2 is 1.42 bits per heavy atom. The highest BCUT2D eigenvalue weighted by Crippen LogP contribution is 2.07. The predicted molar refractivity (Wildman–Crippen MR) is 70.5 cm³/mol. The largest absolute Gasteiger partial charge is 0.491 e. The van der Waals surface area contributed by atoms with E-state index in [1.54, 1.807) is 24.3 Å². The fraction of sp³-hybridized carbons (Fsp3) is 0.500. The van der Waals surface area contributed by atoms with E-state index >= 15 is 0 Å². The summed E-state index contributed by atoms with van der Waals surface area (Å²) in [7, 11) is -1.46. The maximum atomic E-state index is 8.92. The van der Waals surface area contributed by atoms with Crippen LogP contribution < -0.4 is 10.2 Å². The van der Waals surface area contributed by atoms with Crippen molar-refractivity contribution in [3.05, 3.63) is 24.3 Å². The summed E-state index contributed by atoms with van der Waals surface area (Å²) >= 11 is 0. The molecule has 0 radical (unpaired) electrons. The molecule has 1 aromatic rings. The topological polar surface area (TPSA) is 88.4 Å². The number of hydrogen-bond donors (Lipinski definition) is 3. The Balaban J connectivity index is 2.06. The first-order valence-electron chi connectivity index (χ1n) is 6.09. The van der Waals surface area contributed by atoms with Gasteiger partial charge < -0.3 is 29.4 Å². The normalized spacial score (nSPS) is 10.5. The Morgan fingerprint density at radius 1 is 0.842 bits per heavy atom. The van der Waals surface area contributed by atoms with Gasteiger partial charge in [0, 0.05) is 0 Å². The van der Waals surface area contributed by atoms with Crippen LogP contribution in [0.1, 0.15) is 0 Å². The smallest absolute Gasteiger partial charge is 0.488 e. The molecule has 0 unspecified atom stereocenters. The molecule has 1 aromatic carbocycles. The maximum absolute atomic E-state index is 8.92. The van der Waals surface area contributed by atoms with E-state index in [0.29, 0.717) is 44.2 Å². The Labute approximate surface area is 112 Å². The van der Waals surface area contributed by atoms with Crippen LogP contribution in [-0.4, -0.2) is 61.9 Å². The Morgan fingerprint density at radius 3 is 2.00 bits per heavy atom. The standard InChI is InChI=1S/C12H19BO6/c14-5-6-17-7-8-18-9-10-19-12-3-1-11(2-4-12)13(15)16/h1-4,14-16H,5-10H2. The third kappa shape index (κ3) is 7.14. The first-order valence-corrected chi connectivity index (χ1v) is 6.09. The van der Waals surface area contributed by atoms with Crippen LogP contribution in [0, 0.1) is 0 Å². The van der Waals surface area contributed by atoms with Gasteiger partial charge in [0.15, 0.2) is 0 Å². The Hall–Kier alpha value is -1.12. The van der Waals surface area contributed by atoms with E-state index in [-0.39, 0.29) is 6.61 Å². The van der Waals surface area contributed by atoms with Gasteiger partial charge in [-0.05, 0) is 17.6 Å². The van der Waals surface area contributed by atoms with Crippen molar-refractivity contribution in [1.29, 1.82) is 0 Å². The summed E-state index contributed by atoms with van der Waals surface area (Å²) in [5.74, 6) is 0.643. The molecule has 0 saturated heterocycles. The van der Waals surface area contributed by atoms with Gasteiger partial charge in [0.1, 0.15) is 12.4 Å². The van der Waals surface area contributed by atoms with E-state index in [4.69, 9.17) is 29.4 Å². The van der Waals surface area contributed by atoms with Crippen LogP contribution in [0.5, 0.6) is 5.75 Å². The van der Waals surface area contributed by atoms with Crippen LogP contribution in [0.25, 0.3) is 0 Å². The van der Waals surface area contributed by atoms with Crippen LogP contribution in [0.3, 0.4) is 0 Å². The van der Waals surface area contributed by atoms with Crippen molar-refractivity contribution in [3.8, 4) is 5.75 Å². The fourth-order valence-electron chi connectivity index (χ4n) is 1.34. The molecule has 0 aliphatic heterocycles. The average molecular weight is 270 g/mol. The molecule has 0 atom stereocenters. The Bertz CT molecular complexity index is 329. The van der Waals surface area contributed by atoms with Crippen molar-refractivity contribution in [1.82, 2.24) is 0 Å². The molecule has 7 heteroatoms. The second kappa shape index (κ2) is 9.77. The molecule has 0 heterocycles. The van der Waals surface area contributed by atoms with Crippen LogP contribution in [-0.2, 0) is 9.47 Å². The molecule has 3 N–H and O–H groups in total. The summed E-state index contributed by atoms with van der Waals surface area (Å²) in [5.41, 5.74) is 0.421. The summed E-state index contributed by atoms with van der Waals surface area (Å²) in [5, 5.41) is 26.3. The molecule has 6 nitrogen and oxygen atoms in total. The highest BCUT2D eigenvalue weighted by Gasteiger charge is 2.09. The molecule has 0 spiro atoms. The second-order valence-electron chi connectivity index (χ2n) is 3.74. The van der Waals surface area contributed by atoms with Crippen molar-refractivity contribution in [3.63, 3.8) is 0 Å². The van der Waals surface area contributed by atoms with Gasteiger partial charge in [-0.3, -0.25) is 0 Å². The molecule has 0 amide bonds. The molecule has 0 fully saturated rings. The lowest BCUT2D eigenvalue weighted by Crippen LogP contribution is -2.29. The minimum absolute atomic E-state index is 0.0155. The third-order valence-electron chi connectivity index (χ3n) is 2.28. The second-order valence-corrected chi connectivity index (χ2v) is 3.74. The molecule has 0 bridgehead atoms. The van der Waals surface area contributed by atoms with E-state index in [9.17, 15) is 0 Å². The molecule has 1 rings (SSSR count). The van der Waals surface area contributed by atoms with E-state index in [2.05, 4.69) is 0 Å².